The number of rotatable bonds is 5. The van der Waals surface area contributed by atoms with Crippen LogP contribution < -0.4 is 5.32 Å². The topological polar surface area (TPSA) is 46.2 Å². The summed E-state index contributed by atoms with van der Waals surface area (Å²) in [7, 11) is -3.19. The summed E-state index contributed by atoms with van der Waals surface area (Å²) in [5.41, 5.74) is 0.684. The van der Waals surface area contributed by atoms with Crippen LogP contribution in [0.2, 0.25) is 5.02 Å². The molecule has 0 aliphatic rings. The van der Waals surface area contributed by atoms with Crippen LogP contribution in [0.3, 0.4) is 0 Å². The van der Waals surface area contributed by atoms with Crippen molar-refractivity contribution in [1.29, 1.82) is 0 Å². The Hall–Kier alpha value is -0.740. The molecule has 0 spiro atoms. The first-order chi connectivity index (χ1) is 7.88. The van der Waals surface area contributed by atoms with E-state index in [1.54, 1.807) is 12.1 Å². The van der Waals surface area contributed by atoms with Gasteiger partial charge in [-0.05, 0) is 31.0 Å². The number of anilines is 1. The molecule has 1 aromatic carbocycles. The quantitative estimate of drug-likeness (QED) is 0.896. The molecule has 1 aromatic rings. The zero-order valence-electron chi connectivity index (χ0n) is 10.3. The van der Waals surface area contributed by atoms with Crippen LogP contribution in [0.15, 0.2) is 23.1 Å². The van der Waals surface area contributed by atoms with Crippen LogP contribution >= 0.6 is 11.6 Å². The third-order valence-electron chi connectivity index (χ3n) is 2.71. The van der Waals surface area contributed by atoms with Crippen LogP contribution in [0.5, 0.6) is 0 Å². The molecular weight excluding hydrogens is 258 g/mol. The van der Waals surface area contributed by atoms with E-state index in [1.165, 1.54) is 12.3 Å². The lowest BCUT2D eigenvalue weighted by Gasteiger charge is -2.17. The van der Waals surface area contributed by atoms with Gasteiger partial charge in [0.1, 0.15) is 0 Å². The van der Waals surface area contributed by atoms with Crippen molar-refractivity contribution in [2.24, 2.45) is 0 Å². The van der Waals surface area contributed by atoms with E-state index in [4.69, 9.17) is 11.6 Å². The van der Waals surface area contributed by atoms with Gasteiger partial charge in [-0.1, -0.05) is 25.4 Å². The van der Waals surface area contributed by atoms with Crippen molar-refractivity contribution in [2.45, 2.75) is 37.6 Å². The van der Waals surface area contributed by atoms with Crippen molar-refractivity contribution in [3.8, 4) is 0 Å². The molecule has 96 valence electrons. The summed E-state index contributed by atoms with van der Waals surface area (Å²) < 4.78 is 22.9. The molecule has 5 heteroatoms. The maximum atomic E-state index is 11.5. The Morgan fingerprint density at radius 1 is 1.29 bits per heavy atom. The van der Waals surface area contributed by atoms with Gasteiger partial charge in [0.05, 0.1) is 15.6 Å². The van der Waals surface area contributed by atoms with Gasteiger partial charge in [0, 0.05) is 12.3 Å². The Morgan fingerprint density at radius 2 is 1.88 bits per heavy atom. The van der Waals surface area contributed by atoms with E-state index in [0.717, 1.165) is 12.8 Å². The fraction of sp³-hybridized carbons (Fsp3) is 0.500. The summed E-state index contributed by atoms with van der Waals surface area (Å²) in [5, 5.41) is 3.81. The van der Waals surface area contributed by atoms with Crippen molar-refractivity contribution in [3.63, 3.8) is 0 Å². The van der Waals surface area contributed by atoms with Gasteiger partial charge >= 0.3 is 0 Å². The average molecular weight is 276 g/mol. The van der Waals surface area contributed by atoms with Crippen LogP contribution in [-0.4, -0.2) is 20.7 Å². The van der Waals surface area contributed by atoms with Crippen LogP contribution in [0, 0.1) is 0 Å². The van der Waals surface area contributed by atoms with Gasteiger partial charge in [-0.25, -0.2) is 8.42 Å². The summed E-state index contributed by atoms with van der Waals surface area (Å²) in [5.74, 6) is 0. The minimum absolute atomic E-state index is 0.287. The van der Waals surface area contributed by atoms with Gasteiger partial charge in [0.15, 0.2) is 9.84 Å². The molecule has 0 atom stereocenters. The van der Waals surface area contributed by atoms with Crippen LogP contribution in [0.4, 0.5) is 5.69 Å². The lowest BCUT2D eigenvalue weighted by molar-refractivity contribution is 0.602. The first-order valence-electron chi connectivity index (χ1n) is 5.64. The van der Waals surface area contributed by atoms with Gasteiger partial charge in [0.2, 0.25) is 0 Å². The fourth-order valence-electron chi connectivity index (χ4n) is 1.56. The van der Waals surface area contributed by atoms with E-state index in [1.807, 2.05) is 0 Å². The van der Waals surface area contributed by atoms with Gasteiger partial charge in [-0.15, -0.1) is 0 Å². The highest BCUT2D eigenvalue weighted by molar-refractivity contribution is 7.90. The van der Waals surface area contributed by atoms with Gasteiger partial charge in [-0.2, -0.15) is 0 Å². The Bertz CT molecular complexity index is 481. The summed E-state index contributed by atoms with van der Waals surface area (Å²) in [6.07, 6.45) is 3.13. The van der Waals surface area contributed by atoms with Gasteiger partial charge < -0.3 is 5.32 Å². The van der Waals surface area contributed by atoms with Crippen molar-refractivity contribution >= 4 is 27.1 Å². The number of halogens is 1. The maximum Gasteiger partial charge on any atom is 0.175 e. The minimum atomic E-state index is -3.19. The number of sulfone groups is 1. The Balaban J connectivity index is 3.07. The monoisotopic (exact) mass is 275 g/mol. The van der Waals surface area contributed by atoms with E-state index in [9.17, 15) is 8.42 Å². The lowest BCUT2D eigenvalue weighted by atomic mass is 10.1. The zero-order valence-corrected chi connectivity index (χ0v) is 11.9. The number of hydrogen-bond donors (Lipinski definition) is 1. The molecule has 0 radical (unpaired) electrons. The molecule has 0 aliphatic carbocycles. The van der Waals surface area contributed by atoms with Crippen LogP contribution in [-0.2, 0) is 9.84 Å². The number of nitrogens with one attached hydrogen (secondary N) is 1. The van der Waals surface area contributed by atoms with Gasteiger partial charge in [0.25, 0.3) is 0 Å². The molecule has 17 heavy (non-hydrogen) atoms. The largest absolute Gasteiger partial charge is 0.381 e. The molecule has 0 fully saturated rings. The highest BCUT2D eigenvalue weighted by Gasteiger charge is 2.12. The predicted molar refractivity (Wildman–Crippen MR) is 72.6 cm³/mol. The maximum absolute atomic E-state index is 11.5. The molecule has 0 aromatic heterocycles. The van der Waals surface area contributed by atoms with E-state index >= 15 is 0 Å². The summed E-state index contributed by atoms with van der Waals surface area (Å²) >= 11 is 6.05. The van der Waals surface area contributed by atoms with E-state index < -0.39 is 9.84 Å². The van der Waals surface area contributed by atoms with Crippen molar-refractivity contribution < 1.29 is 8.42 Å². The Labute approximate surface area is 108 Å². The molecule has 3 nitrogen and oxygen atoms in total. The molecule has 1 N–H and O–H groups in total. The van der Waals surface area contributed by atoms with E-state index in [2.05, 4.69) is 19.2 Å². The number of hydrogen-bond acceptors (Lipinski definition) is 3. The highest BCUT2D eigenvalue weighted by Crippen LogP contribution is 2.26. The van der Waals surface area contributed by atoms with Crippen molar-refractivity contribution in [1.82, 2.24) is 0 Å². The average Bonchev–Trinajstić information content (AvgIpc) is 2.26. The predicted octanol–water partition coefficient (Wildman–Crippen LogP) is 3.34. The summed E-state index contributed by atoms with van der Waals surface area (Å²) in [6.45, 7) is 4.16. The van der Waals surface area contributed by atoms with Crippen molar-refractivity contribution in [2.75, 3.05) is 11.6 Å². The lowest BCUT2D eigenvalue weighted by Crippen LogP contribution is -2.17. The zero-order chi connectivity index (χ0) is 13.1. The second kappa shape index (κ2) is 5.74. The second-order valence-electron chi connectivity index (χ2n) is 4.07. The molecule has 0 aliphatic heterocycles. The van der Waals surface area contributed by atoms with Gasteiger partial charge in [-0.3, -0.25) is 0 Å². The van der Waals surface area contributed by atoms with Crippen LogP contribution in [0.1, 0.15) is 26.7 Å². The molecule has 0 heterocycles. The first-order valence-corrected chi connectivity index (χ1v) is 7.91. The van der Waals surface area contributed by atoms with E-state index in [0.29, 0.717) is 16.8 Å². The first kappa shape index (κ1) is 14.3. The molecule has 0 saturated carbocycles. The third-order valence-corrected chi connectivity index (χ3v) is 4.15. The number of benzene rings is 1. The van der Waals surface area contributed by atoms with Crippen LogP contribution in [0.25, 0.3) is 0 Å². The normalized spacial score (nSPS) is 11.8. The Kier molecular flexibility index (Phi) is 4.83. The molecule has 0 unspecified atom stereocenters. The highest BCUT2D eigenvalue weighted by atomic mass is 35.5. The summed E-state index contributed by atoms with van der Waals surface area (Å²) in [4.78, 5) is 0.287. The van der Waals surface area contributed by atoms with E-state index in [-0.39, 0.29) is 4.90 Å². The van der Waals surface area contributed by atoms with Crippen molar-refractivity contribution in [3.05, 3.63) is 23.2 Å². The molecule has 0 saturated heterocycles. The second-order valence-corrected chi connectivity index (χ2v) is 6.49. The Morgan fingerprint density at radius 3 is 2.35 bits per heavy atom. The molecular formula is C12H18ClNO2S. The fourth-order valence-corrected chi connectivity index (χ4v) is 2.38. The molecule has 0 amide bonds. The smallest absolute Gasteiger partial charge is 0.175 e. The summed E-state index contributed by atoms with van der Waals surface area (Å²) in [6, 6.07) is 5.04. The molecule has 0 bridgehead atoms. The minimum Gasteiger partial charge on any atom is -0.381 e. The SMILES string of the molecule is CCC(CC)Nc1cc(S(C)(=O)=O)ccc1Cl. The third kappa shape index (κ3) is 3.89. The molecule has 1 rings (SSSR count). The standard InChI is InChI=1S/C12H18ClNO2S/c1-4-9(5-2)14-12-8-10(17(3,15)16)6-7-11(12)13/h6-9,14H,4-5H2,1-3H3.